The van der Waals surface area contributed by atoms with E-state index in [4.69, 9.17) is 9.26 Å². The molecule has 0 aliphatic heterocycles. The average molecular weight is 342 g/mol. The molecule has 0 saturated carbocycles. The molecule has 0 saturated heterocycles. The second-order valence-electron chi connectivity index (χ2n) is 5.38. The van der Waals surface area contributed by atoms with E-state index in [1.807, 2.05) is 0 Å². The van der Waals surface area contributed by atoms with E-state index in [1.165, 1.54) is 18.2 Å². The first-order chi connectivity index (χ1) is 11.3. The van der Waals surface area contributed by atoms with Crippen LogP contribution < -0.4 is 10.1 Å². The molecule has 8 heteroatoms. The molecule has 0 aliphatic rings. The summed E-state index contributed by atoms with van der Waals surface area (Å²) in [5, 5.41) is 6.34. The van der Waals surface area contributed by atoms with Gasteiger partial charge in [-0.2, -0.15) is 13.2 Å². The number of alkyl halides is 3. The zero-order valence-electron chi connectivity index (χ0n) is 13.2. The first-order valence-electron chi connectivity index (χ1n) is 7.26. The molecule has 1 aromatic heterocycles. The Labute approximate surface area is 136 Å². The lowest BCUT2D eigenvalue weighted by Gasteiger charge is -2.17. The maximum atomic E-state index is 12.9. The van der Waals surface area contributed by atoms with Gasteiger partial charge < -0.3 is 14.6 Å². The van der Waals surface area contributed by atoms with Crippen LogP contribution in [0.15, 0.2) is 34.9 Å². The summed E-state index contributed by atoms with van der Waals surface area (Å²) in [7, 11) is 0. The maximum Gasteiger partial charge on any atom is 0.419 e. The van der Waals surface area contributed by atoms with E-state index < -0.39 is 17.8 Å². The molecule has 1 N–H and O–H groups in total. The fraction of sp³-hybridized carbons (Fsp3) is 0.375. The van der Waals surface area contributed by atoms with Crippen LogP contribution in [0, 0.1) is 6.92 Å². The van der Waals surface area contributed by atoms with Crippen molar-refractivity contribution < 1.29 is 27.2 Å². The van der Waals surface area contributed by atoms with Crippen molar-refractivity contribution in [1.82, 2.24) is 10.5 Å². The number of aromatic nitrogens is 1. The molecule has 1 amide bonds. The van der Waals surface area contributed by atoms with E-state index in [2.05, 4.69) is 10.5 Å². The number of aryl methyl sites for hydroxylation is 1. The summed E-state index contributed by atoms with van der Waals surface area (Å²) in [5.41, 5.74) is -0.359. The fourth-order valence-corrected chi connectivity index (χ4v) is 2.07. The van der Waals surface area contributed by atoms with Crippen LogP contribution in [-0.2, 0) is 17.4 Å². The fourth-order valence-electron chi connectivity index (χ4n) is 2.07. The topological polar surface area (TPSA) is 64.4 Å². The SMILES string of the molecule is Cc1cc(CC(=O)N[C@@H](C)COc2ccccc2C(F)(F)F)no1. The molecule has 2 rings (SSSR count). The summed E-state index contributed by atoms with van der Waals surface area (Å²) in [6, 6.07) is 6.12. The molecule has 130 valence electrons. The standard InChI is InChI=1S/C16H17F3N2O3/c1-10(20-15(22)8-12-7-11(2)24-21-12)9-23-14-6-4-3-5-13(14)16(17,18)19/h3-7,10H,8-9H2,1-2H3,(H,20,22)/t10-/m0/s1. The average Bonchev–Trinajstić information content (AvgIpc) is 2.89. The van der Waals surface area contributed by atoms with Gasteiger partial charge in [-0.25, -0.2) is 0 Å². The third-order valence-corrected chi connectivity index (χ3v) is 3.11. The van der Waals surface area contributed by atoms with E-state index in [1.54, 1.807) is 19.9 Å². The zero-order chi connectivity index (χ0) is 17.7. The third kappa shape index (κ3) is 5.00. The van der Waals surface area contributed by atoms with Crippen LogP contribution in [0.4, 0.5) is 13.2 Å². The van der Waals surface area contributed by atoms with Crippen molar-refractivity contribution in [2.75, 3.05) is 6.61 Å². The Morgan fingerprint density at radius 2 is 2.08 bits per heavy atom. The van der Waals surface area contributed by atoms with Crippen molar-refractivity contribution in [2.45, 2.75) is 32.5 Å². The first-order valence-corrected chi connectivity index (χ1v) is 7.26. The molecule has 0 unspecified atom stereocenters. The second kappa shape index (κ2) is 7.37. The van der Waals surface area contributed by atoms with Gasteiger partial charge >= 0.3 is 6.18 Å². The van der Waals surface area contributed by atoms with Gasteiger partial charge in [0.25, 0.3) is 0 Å². The minimum absolute atomic E-state index is 0.0286. The Hall–Kier alpha value is -2.51. The van der Waals surface area contributed by atoms with Crippen molar-refractivity contribution in [3.8, 4) is 5.75 Å². The monoisotopic (exact) mass is 342 g/mol. The summed E-state index contributed by atoms with van der Waals surface area (Å²) >= 11 is 0. The molecule has 1 heterocycles. The number of para-hydroxylation sites is 1. The van der Waals surface area contributed by atoms with Gasteiger partial charge in [0.1, 0.15) is 18.1 Å². The van der Waals surface area contributed by atoms with Crippen LogP contribution in [0.2, 0.25) is 0 Å². The smallest absolute Gasteiger partial charge is 0.419 e. The summed E-state index contributed by atoms with van der Waals surface area (Å²) in [4.78, 5) is 11.8. The van der Waals surface area contributed by atoms with Gasteiger partial charge in [0.15, 0.2) is 0 Å². The Bertz CT molecular complexity index is 698. The second-order valence-corrected chi connectivity index (χ2v) is 5.38. The van der Waals surface area contributed by atoms with Crippen LogP contribution in [0.25, 0.3) is 0 Å². The van der Waals surface area contributed by atoms with Crippen molar-refractivity contribution in [3.05, 3.63) is 47.3 Å². The zero-order valence-corrected chi connectivity index (χ0v) is 13.2. The highest BCUT2D eigenvalue weighted by molar-refractivity contribution is 5.78. The van der Waals surface area contributed by atoms with Crippen molar-refractivity contribution >= 4 is 5.91 Å². The lowest BCUT2D eigenvalue weighted by atomic mass is 10.2. The maximum absolute atomic E-state index is 12.9. The van der Waals surface area contributed by atoms with E-state index in [0.717, 1.165) is 6.07 Å². The van der Waals surface area contributed by atoms with Crippen LogP contribution >= 0.6 is 0 Å². The van der Waals surface area contributed by atoms with Gasteiger partial charge in [-0.1, -0.05) is 17.3 Å². The normalized spacial score (nSPS) is 12.7. The lowest BCUT2D eigenvalue weighted by molar-refractivity contribution is -0.139. The molecular formula is C16H17F3N2O3. The number of carbonyl (C=O) groups is 1. The van der Waals surface area contributed by atoms with Gasteiger partial charge in [-0.3, -0.25) is 4.79 Å². The molecular weight excluding hydrogens is 325 g/mol. The molecule has 0 bridgehead atoms. The highest BCUT2D eigenvalue weighted by Crippen LogP contribution is 2.35. The summed E-state index contributed by atoms with van der Waals surface area (Å²) in [5.74, 6) is 0.0136. The number of amides is 1. The minimum atomic E-state index is -4.49. The number of carbonyl (C=O) groups excluding carboxylic acids is 1. The largest absolute Gasteiger partial charge is 0.491 e. The van der Waals surface area contributed by atoms with Crippen LogP contribution in [-0.4, -0.2) is 23.7 Å². The number of nitrogens with one attached hydrogen (secondary N) is 1. The molecule has 5 nitrogen and oxygen atoms in total. The summed E-state index contributed by atoms with van der Waals surface area (Å²) < 4.78 is 48.7. The van der Waals surface area contributed by atoms with Gasteiger partial charge in [-0.15, -0.1) is 0 Å². The number of benzene rings is 1. The molecule has 1 aromatic carbocycles. The first kappa shape index (κ1) is 17.8. The van der Waals surface area contributed by atoms with Crippen molar-refractivity contribution in [3.63, 3.8) is 0 Å². The quantitative estimate of drug-likeness (QED) is 0.876. The molecule has 0 aliphatic carbocycles. The van der Waals surface area contributed by atoms with Crippen molar-refractivity contribution in [2.24, 2.45) is 0 Å². The molecule has 0 radical (unpaired) electrons. The number of hydrogen-bond acceptors (Lipinski definition) is 4. The number of rotatable bonds is 6. The predicted octanol–water partition coefficient (Wildman–Crippen LogP) is 3.13. The number of ether oxygens (including phenoxy) is 1. The van der Waals surface area contributed by atoms with Crippen molar-refractivity contribution in [1.29, 1.82) is 0 Å². The Morgan fingerprint density at radius 1 is 1.38 bits per heavy atom. The molecule has 0 spiro atoms. The Morgan fingerprint density at radius 3 is 2.71 bits per heavy atom. The highest BCUT2D eigenvalue weighted by atomic mass is 19.4. The van der Waals surface area contributed by atoms with E-state index in [9.17, 15) is 18.0 Å². The van der Waals surface area contributed by atoms with E-state index in [-0.39, 0.29) is 24.7 Å². The number of halogens is 3. The molecule has 0 fully saturated rings. The minimum Gasteiger partial charge on any atom is -0.491 e. The molecule has 1 atom stereocenters. The van der Waals surface area contributed by atoms with Crippen LogP contribution in [0.1, 0.15) is 23.9 Å². The Balaban J connectivity index is 1.87. The number of nitrogens with zero attached hydrogens (tertiary/aromatic N) is 1. The van der Waals surface area contributed by atoms with Gasteiger partial charge in [0.2, 0.25) is 5.91 Å². The summed E-state index contributed by atoms with van der Waals surface area (Å²) in [6.07, 6.45) is -4.46. The van der Waals surface area contributed by atoms with Crippen LogP contribution in [0.5, 0.6) is 5.75 Å². The third-order valence-electron chi connectivity index (χ3n) is 3.11. The molecule has 24 heavy (non-hydrogen) atoms. The van der Waals surface area contributed by atoms with E-state index in [0.29, 0.717) is 11.5 Å². The van der Waals surface area contributed by atoms with Gasteiger partial charge in [0.05, 0.1) is 23.7 Å². The highest BCUT2D eigenvalue weighted by Gasteiger charge is 2.34. The molecule has 2 aromatic rings. The van der Waals surface area contributed by atoms with Crippen LogP contribution in [0.3, 0.4) is 0 Å². The van der Waals surface area contributed by atoms with Gasteiger partial charge in [0, 0.05) is 6.07 Å². The van der Waals surface area contributed by atoms with E-state index >= 15 is 0 Å². The predicted molar refractivity (Wildman–Crippen MR) is 79.5 cm³/mol. The van der Waals surface area contributed by atoms with Gasteiger partial charge in [-0.05, 0) is 26.0 Å². The Kier molecular flexibility index (Phi) is 5.48. The lowest BCUT2D eigenvalue weighted by Crippen LogP contribution is -2.37. The number of hydrogen-bond donors (Lipinski definition) is 1. The summed E-state index contributed by atoms with van der Waals surface area (Å²) in [6.45, 7) is 3.27.